The summed E-state index contributed by atoms with van der Waals surface area (Å²) in [5, 5.41) is 10.2. The molecule has 2 aliphatic rings. The highest BCUT2D eigenvalue weighted by molar-refractivity contribution is 7.88. The second-order valence-corrected chi connectivity index (χ2v) is 11.3. The van der Waals surface area contributed by atoms with Crippen molar-refractivity contribution >= 4 is 10.0 Å². The van der Waals surface area contributed by atoms with Crippen LogP contribution in [0.1, 0.15) is 29.9 Å². The molecule has 0 aromatic heterocycles. The van der Waals surface area contributed by atoms with Crippen LogP contribution in [-0.4, -0.2) is 61.1 Å². The highest BCUT2D eigenvalue weighted by Gasteiger charge is 2.50. The van der Waals surface area contributed by atoms with E-state index in [4.69, 9.17) is 0 Å². The number of benzene rings is 3. The number of hydrogen-bond donors (Lipinski definition) is 1. The Labute approximate surface area is 202 Å². The molecule has 2 heterocycles. The van der Waals surface area contributed by atoms with Crippen LogP contribution in [0.3, 0.4) is 0 Å². The van der Waals surface area contributed by atoms with Crippen LogP contribution < -0.4 is 0 Å². The van der Waals surface area contributed by atoms with E-state index in [1.807, 2.05) is 48.5 Å². The first-order valence-electron chi connectivity index (χ1n) is 12.1. The summed E-state index contributed by atoms with van der Waals surface area (Å²) in [5.41, 5.74) is 4.32. The van der Waals surface area contributed by atoms with Crippen molar-refractivity contribution < 1.29 is 13.5 Å². The minimum absolute atomic E-state index is 0.0282. The summed E-state index contributed by atoms with van der Waals surface area (Å²) < 4.78 is 28.4. The number of nitrogens with zero attached hydrogens (tertiary/aromatic N) is 2. The van der Waals surface area contributed by atoms with Gasteiger partial charge in [0.2, 0.25) is 10.0 Å². The topological polar surface area (TPSA) is 60.9 Å². The van der Waals surface area contributed by atoms with Crippen molar-refractivity contribution in [3.63, 3.8) is 0 Å². The van der Waals surface area contributed by atoms with Crippen molar-refractivity contribution in [2.24, 2.45) is 0 Å². The van der Waals surface area contributed by atoms with Gasteiger partial charge in [0.1, 0.15) is 0 Å². The Morgan fingerprint density at radius 3 is 2.09 bits per heavy atom. The second kappa shape index (κ2) is 10.0. The summed E-state index contributed by atoms with van der Waals surface area (Å²) in [6, 6.07) is 28.4. The highest BCUT2D eigenvalue weighted by Crippen LogP contribution is 2.42. The lowest BCUT2D eigenvalue weighted by Gasteiger charge is -2.57. The molecule has 5 rings (SSSR count). The molecule has 1 N–H and O–H groups in total. The van der Waals surface area contributed by atoms with Gasteiger partial charge in [-0.1, -0.05) is 84.9 Å². The molecule has 6 heteroatoms. The number of sulfonamides is 1. The standard InChI is InChI=1S/C28H32N2O3S/c31-20-27-28(25-15-13-24(14-16-25)23-11-5-2-6-12-23)26-19-29(17-7-8-18-30(26)27)34(32,33)21-22-9-3-1-4-10-22/h1-6,9-16,26-28,31H,7-8,17-21H2/t26-,27-,28-/m1/s1. The van der Waals surface area contributed by atoms with E-state index in [2.05, 4.69) is 41.3 Å². The summed E-state index contributed by atoms with van der Waals surface area (Å²) in [6.45, 7) is 2.01. The number of rotatable bonds is 6. The van der Waals surface area contributed by atoms with E-state index in [0.717, 1.165) is 30.5 Å². The van der Waals surface area contributed by atoms with Crippen LogP contribution in [-0.2, 0) is 15.8 Å². The van der Waals surface area contributed by atoms with Crippen molar-refractivity contribution in [2.75, 3.05) is 26.2 Å². The van der Waals surface area contributed by atoms with E-state index in [-0.39, 0.29) is 30.4 Å². The lowest BCUT2D eigenvalue weighted by atomic mass is 9.74. The predicted octanol–water partition coefficient (Wildman–Crippen LogP) is 4.11. The van der Waals surface area contributed by atoms with Gasteiger partial charge in [0, 0.05) is 31.1 Å². The molecular formula is C28H32N2O3S. The molecule has 3 atom stereocenters. The van der Waals surface area contributed by atoms with Gasteiger partial charge in [-0.2, -0.15) is 0 Å². The first-order chi connectivity index (χ1) is 16.6. The molecular weight excluding hydrogens is 444 g/mol. The fourth-order valence-corrected chi connectivity index (χ4v) is 7.15. The maximum atomic E-state index is 13.4. The van der Waals surface area contributed by atoms with Crippen molar-refractivity contribution in [3.05, 3.63) is 96.1 Å². The van der Waals surface area contributed by atoms with Crippen LogP contribution in [0.25, 0.3) is 11.1 Å². The molecule has 0 unspecified atom stereocenters. The average Bonchev–Trinajstić information content (AvgIpc) is 2.84. The van der Waals surface area contributed by atoms with Crippen LogP contribution >= 0.6 is 0 Å². The van der Waals surface area contributed by atoms with Gasteiger partial charge in [0.05, 0.1) is 12.4 Å². The molecule has 0 spiro atoms. The minimum Gasteiger partial charge on any atom is -0.395 e. The van der Waals surface area contributed by atoms with Gasteiger partial charge in [-0.25, -0.2) is 12.7 Å². The van der Waals surface area contributed by atoms with E-state index in [0.29, 0.717) is 13.1 Å². The molecule has 0 amide bonds. The normalized spacial score (nSPS) is 24.0. The van der Waals surface area contributed by atoms with Gasteiger partial charge in [0.15, 0.2) is 0 Å². The fourth-order valence-electron chi connectivity index (χ4n) is 5.57. The minimum atomic E-state index is -3.43. The maximum absolute atomic E-state index is 13.4. The van der Waals surface area contributed by atoms with Gasteiger partial charge < -0.3 is 5.11 Å². The van der Waals surface area contributed by atoms with Crippen LogP contribution in [0.4, 0.5) is 0 Å². The van der Waals surface area contributed by atoms with E-state index in [1.165, 1.54) is 11.1 Å². The van der Waals surface area contributed by atoms with Gasteiger partial charge in [0.25, 0.3) is 0 Å². The molecule has 0 aliphatic carbocycles. The maximum Gasteiger partial charge on any atom is 0.218 e. The Hall–Kier alpha value is -2.51. The van der Waals surface area contributed by atoms with Gasteiger partial charge in [-0.3, -0.25) is 4.90 Å². The summed E-state index contributed by atoms with van der Waals surface area (Å²) in [7, 11) is -3.43. The number of aliphatic hydroxyl groups excluding tert-OH is 1. The molecule has 5 nitrogen and oxygen atoms in total. The summed E-state index contributed by atoms with van der Waals surface area (Å²) in [5.74, 6) is 0.141. The molecule has 2 aliphatic heterocycles. The van der Waals surface area contributed by atoms with Crippen molar-refractivity contribution in [3.8, 4) is 11.1 Å². The van der Waals surface area contributed by atoms with E-state index in [1.54, 1.807) is 4.31 Å². The van der Waals surface area contributed by atoms with E-state index in [9.17, 15) is 13.5 Å². The van der Waals surface area contributed by atoms with Crippen molar-refractivity contribution in [2.45, 2.75) is 36.6 Å². The summed E-state index contributed by atoms with van der Waals surface area (Å²) in [6.07, 6.45) is 1.77. The lowest BCUT2D eigenvalue weighted by Crippen LogP contribution is -2.67. The third-order valence-electron chi connectivity index (χ3n) is 7.32. The zero-order valence-electron chi connectivity index (χ0n) is 19.3. The molecule has 2 fully saturated rings. The molecule has 34 heavy (non-hydrogen) atoms. The summed E-state index contributed by atoms with van der Waals surface area (Å²) in [4.78, 5) is 2.32. The summed E-state index contributed by atoms with van der Waals surface area (Å²) >= 11 is 0. The van der Waals surface area contributed by atoms with Crippen LogP contribution in [0.15, 0.2) is 84.9 Å². The largest absolute Gasteiger partial charge is 0.395 e. The average molecular weight is 477 g/mol. The second-order valence-electron chi connectivity index (χ2n) is 9.38. The van der Waals surface area contributed by atoms with Gasteiger partial charge in [-0.15, -0.1) is 0 Å². The molecule has 0 saturated carbocycles. The van der Waals surface area contributed by atoms with E-state index < -0.39 is 10.0 Å². The van der Waals surface area contributed by atoms with Crippen LogP contribution in [0.2, 0.25) is 0 Å². The Kier molecular flexibility index (Phi) is 6.84. The molecule has 0 bridgehead atoms. The van der Waals surface area contributed by atoms with Crippen molar-refractivity contribution in [1.82, 2.24) is 9.21 Å². The first-order valence-corrected chi connectivity index (χ1v) is 13.7. The number of hydrogen-bond acceptors (Lipinski definition) is 4. The Bertz CT molecular complexity index is 1180. The quantitative estimate of drug-likeness (QED) is 0.582. The van der Waals surface area contributed by atoms with Crippen molar-refractivity contribution in [1.29, 1.82) is 0 Å². The first kappa shape index (κ1) is 23.2. The Morgan fingerprint density at radius 1 is 0.794 bits per heavy atom. The molecule has 178 valence electrons. The monoisotopic (exact) mass is 476 g/mol. The third-order valence-corrected chi connectivity index (χ3v) is 9.14. The number of fused-ring (bicyclic) bond motifs is 1. The smallest absolute Gasteiger partial charge is 0.218 e. The lowest BCUT2D eigenvalue weighted by molar-refractivity contribution is -0.0554. The zero-order chi connectivity index (χ0) is 23.5. The van der Waals surface area contributed by atoms with Gasteiger partial charge >= 0.3 is 0 Å². The predicted molar refractivity (Wildman–Crippen MR) is 136 cm³/mol. The van der Waals surface area contributed by atoms with E-state index >= 15 is 0 Å². The molecule has 3 aromatic rings. The SMILES string of the molecule is O=S(=O)(Cc1ccccc1)N1CCCCN2[C@H](CO)[C@H](c3ccc(-c4ccccc4)cc3)[C@H]2C1. The molecule has 3 aromatic carbocycles. The Morgan fingerprint density at radius 2 is 1.41 bits per heavy atom. The third kappa shape index (κ3) is 4.68. The fraction of sp³-hybridized carbons (Fsp3) is 0.357. The van der Waals surface area contributed by atoms with Gasteiger partial charge in [-0.05, 0) is 41.6 Å². The highest BCUT2D eigenvalue weighted by atomic mass is 32.2. The number of aliphatic hydroxyl groups is 1. The zero-order valence-corrected chi connectivity index (χ0v) is 20.1. The van der Waals surface area contributed by atoms with Crippen LogP contribution in [0, 0.1) is 0 Å². The molecule has 2 saturated heterocycles. The Balaban J connectivity index is 1.38. The van der Waals surface area contributed by atoms with Crippen LogP contribution in [0.5, 0.6) is 0 Å². The molecule has 0 radical (unpaired) electrons.